The van der Waals surface area contributed by atoms with Gasteiger partial charge in [0.2, 0.25) is 5.82 Å². The fourth-order valence-electron chi connectivity index (χ4n) is 5.49. The van der Waals surface area contributed by atoms with Gasteiger partial charge in [-0.3, -0.25) is 9.59 Å². The maximum absolute atomic E-state index is 13.7. The Bertz CT molecular complexity index is 1350. The van der Waals surface area contributed by atoms with E-state index < -0.39 is 23.0 Å². The summed E-state index contributed by atoms with van der Waals surface area (Å²) in [6.45, 7) is 5.24. The fourth-order valence-corrected chi connectivity index (χ4v) is 5.49. The van der Waals surface area contributed by atoms with E-state index in [1.807, 2.05) is 26.0 Å². The highest BCUT2D eigenvalue weighted by Crippen LogP contribution is 2.47. The van der Waals surface area contributed by atoms with Crippen molar-refractivity contribution in [3.63, 3.8) is 0 Å². The number of ether oxygens (including phenoxy) is 1. The largest absolute Gasteiger partial charge is 0.484 e. The number of carbonyl (C=O) groups excluding carboxylic acids is 2. The van der Waals surface area contributed by atoms with Crippen molar-refractivity contribution in [2.75, 3.05) is 6.61 Å². The number of aliphatic hydroxyl groups excluding tert-OH is 1. The third-order valence-electron chi connectivity index (χ3n) is 7.56. The fraction of sp³-hybridized carbons (Fsp3) is 0.462. The van der Waals surface area contributed by atoms with Crippen LogP contribution in [-0.4, -0.2) is 55.3 Å². The van der Waals surface area contributed by atoms with Crippen molar-refractivity contribution in [3.05, 3.63) is 58.8 Å². The molecule has 0 spiro atoms. The van der Waals surface area contributed by atoms with E-state index in [0.29, 0.717) is 43.3 Å². The summed E-state index contributed by atoms with van der Waals surface area (Å²) in [5.41, 5.74) is 1.67. The van der Waals surface area contributed by atoms with Gasteiger partial charge in [-0.2, -0.15) is 0 Å². The molecule has 3 fully saturated rings. The topological polar surface area (TPSA) is 118 Å². The van der Waals surface area contributed by atoms with Crippen molar-refractivity contribution in [3.8, 4) is 5.75 Å². The monoisotopic (exact) mass is 495 g/mol. The van der Waals surface area contributed by atoms with Gasteiger partial charge in [0.15, 0.2) is 12.3 Å². The van der Waals surface area contributed by atoms with Crippen LogP contribution in [0.15, 0.2) is 30.3 Å². The van der Waals surface area contributed by atoms with Gasteiger partial charge < -0.3 is 20.5 Å². The first-order valence-corrected chi connectivity index (χ1v) is 12.1. The van der Waals surface area contributed by atoms with Gasteiger partial charge in [-0.05, 0) is 82.2 Å². The molecule has 2 bridgehead atoms. The quantitative estimate of drug-likeness (QED) is 0.484. The summed E-state index contributed by atoms with van der Waals surface area (Å²) < 4.78 is 20.8. The van der Waals surface area contributed by atoms with Crippen molar-refractivity contribution >= 4 is 17.5 Å². The maximum Gasteiger partial charge on any atom is 0.291 e. The van der Waals surface area contributed by atoms with Gasteiger partial charge in [0.05, 0.1) is 11.6 Å². The molecule has 3 aromatic rings. The summed E-state index contributed by atoms with van der Waals surface area (Å²) >= 11 is 0. The van der Waals surface area contributed by atoms with Gasteiger partial charge in [0.1, 0.15) is 11.6 Å². The molecule has 1 aromatic carbocycles. The molecule has 3 aliphatic carbocycles. The van der Waals surface area contributed by atoms with Crippen LogP contribution in [0.25, 0.3) is 5.65 Å². The molecular weight excluding hydrogens is 465 g/mol. The second kappa shape index (κ2) is 8.85. The normalized spacial score (nSPS) is 25.1. The van der Waals surface area contributed by atoms with E-state index in [4.69, 9.17) is 4.74 Å². The Morgan fingerprint density at radius 1 is 1.14 bits per heavy atom. The number of aromatic nitrogens is 3. The number of hydrogen-bond acceptors (Lipinski definition) is 6. The highest BCUT2D eigenvalue weighted by molar-refractivity contribution is 5.91. The Balaban J connectivity index is 1.21. The van der Waals surface area contributed by atoms with E-state index in [1.54, 1.807) is 23.6 Å². The average molecular weight is 496 g/mol. The van der Waals surface area contributed by atoms with Crippen LogP contribution < -0.4 is 15.4 Å². The number of fused-ring (bicyclic) bond motifs is 4. The third-order valence-corrected chi connectivity index (χ3v) is 7.56. The Hall–Kier alpha value is -3.53. The Morgan fingerprint density at radius 3 is 2.58 bits per heavy atom. The molecule has 0 saturated heterocycles. The second-order valence-corrected chi connectivity index (χ2v) is 10.2. The minimum Gasteiger partial charge on any atom is -0.484 e. The number of amides is 2. The number of benzene rings is 1. The third kappa shape index (κ3) is 4.41. The predicted molar refractivity (Wildman–Crippen MR) is 129 cm³/mol. The number of aryl methyl sites for hydroxylation is 3. The first-order chi connectivity index (χ1) is 17.1. The predicted octanol–water partition coefficient (Wildman–Crippen LogP) is 2.53. The van der Waals surface area contributed by atoms with Crippen molar-refractivity contribution in [2.24, 2.45) is 0 Å². The summed E-state index contributed by atoms with van der Waals surface area (Å²) in [4.78, 5) is 30.0. The lowest BCUT2D eigenvalue weighted by molar-refractivity contribution is -0.132. The smallest absolute Gasteiger partial charge is 0.291 e. The van der Waals surface area contributed by atoms with Gasteiger partial charge in [-0.15, -0.1) is 5.10 Å². The van der Waals surface area contributed by atoms with Gasteiger partial charge in [-0.25, -0.2) is 13.9 Å². The summed E-state index contributed by atoms with van der Waals surface area (Å²) in [6, 6.07) is 8.28. The highest BCUT2D eigenvalue weighted by Gasteiger charge is 2.55. The van der Waals surface area contributed by atoms with Gasteiger partial charge >= 0.3 is 0 Å². The minimum absolute atomic E-state index is 0.0907. The van der Waals surface area contributed by atoms with Crippen molar-refractivity contribution in [1.29, 1.82) is 0 Å². The summed E-state index contributed by atoms with van der Waals surface area (Å²) in [7, 11) is 0. The molecule has 0 unspecified atom stereocenters. The van der Waals surface area contributed by atoms with Crippen molar-refractivity contribution in [2.45, 2.75) is 70.1 Å². The van der Waals surface area contributed by atoms with E-state index in [0.717, 1.165) is 11.3 Å². The lowest BCUT2D eigenvalue weighted by Crippen LogP contribution is -2.70. The average Bonchev–Trinajstić information content (AvgIpc) is 3.26. The molecule has 2 aromatic heterocycles. The number of hydrogen-bond donors (Lipinski definition) is 3. The summed E-state index contributed by atoms with van der Waals surface area (Å²) in [5.74, 6) is -0.795. The zero-order valence-corrected chi connectivity index (χ0v) is 20.6. The molecule has 0 aliphatic heterocycles. The number of halogens is 1. The van der Waals surface area contributed by atoms with Crippen LogP contribution in [-0.2, 0) is 4.79 Å². The van der Waals surface area contributed by atoms with Gasteiger partial charge in [0.25, 0.3) is 11.8 Å². The molecule has 3 aliphatic rings. The second-order valence-electron chi connectivity index (χ2n) is 10.2. The van der Waals surface area contributed by atoms with Gasteiger partial charge in [0, 0.05) is 17.3 Å². The van der Waals surface area contributed by atoms with Crippen LogP contribution in [0.4, 0.5) is 4.39 Å². The molecular formula is C26H30FN5O4. The molecule has 6 rings (SSSR count). The number of nitrogens with zero attached hydrogens (tertiary/aromatic N) is 3. The molecule has 2 amide bonds. The zero-order chi connectivity index (χ0) is 25.7. The van der Waals surface area contributed by atoms with E-state index in [2.05, 4.69) is 20.7 Å². The Morgan fingerprint density at radius 2 is 1.89 bits per heavy atom. The van der Waals surface area contributed by atoms with Gasteiger partial charge in [-0.1, -0.05) is 6.07 Å². The first kappa shape index (κ1) is 24.2. The minimum atomic E-state index is -0.833. The molecule has 2 heterocycles. The van der Waals surface area contributed by atoms with Crippen LogP contribution in [0, 0.1) is 26.6 Å². The molecule has 1 atom stereocenters. The molecule has 36 heavy (non-hydrogen) atoms. The standard InChI is InChI=1S/C26H30FN5O4/c1-15-10-17(3)32-21(11-15)28-23(31-32)24(35)30-25-6-8-26(9-7-25,20(33)13-25)29-22(34)14-36-18-5-4-16(2)19(27)12-18/h4-5,10-12,20,33H,6-9,13-14H2,1-3H3,(H,29,34)(H,30,35)/t20-,25?,26?/m0/s1. The van der Waals surface area contributed by atoms with Crippen LogP contribution in [0.2, 0.25) is 0 Å². The Labute approximate surface area is 208 Å². The first-order valence-electron chi connectivity index (χ1n) is 12.1. The summed E-state index contributed by atoms with van der Waals surface area (Å²) in [5, 5.41) is 21.4. The lowest BCUT2D eigenvalue weighted by atomic mass is 9.60. The van der Waals surface area contributed by atoms with E-state index in [9.17, 15) is 19.1 Å². The van der Waals surface area contributed by atoms with E-state index in [-0.39, 0.29) is 30.0 Å². The molecule has 3 N–H and O–H groups in total. The van der Waals surface area contributed by atoms with Crippen molar-refractivity contribution in [1.82, 2.24) is 25.2 Å². The van der Waals surface area contributed by atoms with Crippen LogP contribution in [0.3, 0.4) is 0 Å². The number of carbonyl (C=O) groups is 2. The molecule has 9 nitrogen and oxygen atoms in total. The number of rotatable bonds is 6. The maximum atomic E-state index is 13.7. The molecule has 0 radical (unpaired) electrons. The van der Waals surface area contributed by atoms with E-state index in [1.165, 1.54) is 6.07 Å². The molecule has 190 valence electrons. The van der Waals surface area contributed by atoms with E-state index >= 15 is 0 Å². The Kier molecular flexibility index (Phi) is 5.94. The molecule has 10 heteroatoms. The van der Waals surface area contributed by atoms with Crippen LogP contribution in [0.1, 0.15) is 59.5 Å². The van der Waals surface area contributed by atoms with Crippen LogP contribution in [0.5, 0.6) is 5.75 Å². The zero-order valence-electron chi connectivity index (χ0n) is 20.6. The summed E-state index contributed by atoms with van der Waals surface area (Å²) in [6.07, 6.45) is 1.71. The number of aliphatic hydroxyl groups is 1. The highest BCUT2D eigenvalue weighted by atomic mass is 19.1. The SMILES string of the molecule is Cc1cc(C)n2nc(C(=O)NC34CCC(NC(=O)COc5ccc(C)c(F)c5)(CC3)[C@@H](O)C4)nc2c1. The lowest BCUT2D eigenvalue weighted by Gasteiger charge is -2.56. The number of pyridine rings is 1. The number of nitrogens with one attached hydrogen (secondary N) is 2. The molecule has 3 saturated carbocycles. The van der Waals surface area contributed by atoms with Crippen LogP contribution >= 0.6 is 0 Å². The van der Waals surface area contributed by atoms with Crippen molar-refractivity contribution < 1.29 is 23.8 Å².